The number of unbranched alkanes of at least 4 members (excludes halogenated alkanes) is 2. The van der Waals surface area contributed by atoms with Crippen LogP contribution in [0.2, 0.25) is 5.02 Å². The van der Waals surface area contributed by atoms with Gasteiger partial charge in [-0.3, -0.25) is 4.98 Å². The molecule has 1 amide bonds. The molecule has 3 aromatic heterocycles. The van der Waals surface area contributed by atoms with E-state index in [-0.39, 0.29) is 0 Å². The molecule has 2 aromatic carbocycles. The van der Waals surface area contributed by atoms with Crippen molar-refractivity contribution in [1.82, 2.24) is 20.3 Å². The number of nitrogens with zero attached hydrogens (tertiary/aromatic N) is 2. The topological polar surface area (TPSA) is 91.9 Å². The quantitative estimate of drug-likeness (QED) is 0.163. The van der Waals surface area contributed by atoms with Gasteiger partial charge in [-0.2, -0.15) is 0 Å². The molecule has 0 saturated carbocycles. The number of ether oxygens (including phenoxy) is 1. The zero-order valence-corrected chi connectivity index (χ0v) is 23.1. The maximum atomic E-state index is 12.3. The number of hydrogen-bond acceptors (Lipinski definition) is 5. The molecule has 0 unspecified atom stereocenters. The van der Waals surface area contributed by atoms with Gasteiger partial charge in [0.15, 0.2) is 0 Å². The molecule has 6 rings (SSSR count). The molecule has 0 saturated heterocycles. The summed E-state index contributed by atoms with van der Waals surface area (Å²) in [5.74, 6) is 0.508. The Morgan fingerprint density at radius 1 is 0.975 bits per heavy atom. The molecule has 0 aliphatic heterocycles. The first-order chi connectivity index (χ1) is 19.6. The number of nitrogens with one attached hydrogen (secondary N) is 3. The van der Waals surface area contributed by atoms with E-state index in [2.05, 4.69) is 32.7 Å². The second kappa shape index (κ2) is 12.0. The van der Waals surface area contributed by atoms with Crippen LogP contribution in [0.1, 0.15) is 43.4 Å². The summed E-state index contributed by atoms with van der Waals surface area (Å²) in [5.41, 5.74) is 7.56. The lowest BCUT2D eigenvalue weighted by molar-refractivity contribution is 0.200. The predicted molar refractivity (Wildman–Crippen MR) is 161 cm³/mol. The number of H-pyrrole nitrogens is 1. The first kappa shape index (κ1) is 26.1. The second-order valence-electron chi connectivity index (χ2n) is 10.2. The highest BCUT2D eigenvalue weighted by atomic mass is 35.5. The number of carbonyl (C=O) groups excluding carboxylic acids is 1. The van der Waals surface area contributed by atoms with E-state index >= 15 is 0 Å². The molecule has 40 heavy (non-hydrogen) atoms. The third-order valence-electron chi connectivity index (χ3n) is 7.42. The van der Waals surface area contributed by atoms with E-state index in [0.29, 0.717) is 17.3 Å². The predicted octanol–water partition coefficient (Wildman–Crippen LogP) is 7.68. The van der Waals surface area contributed by atoms with E-state index in [0.717, 1.165) is 71.8 Å². The van der Waals surface area contributed by atoms with Gasteiger partial charge in [-0.15, -0.1) is 0 Å². The van der Waals surface area contributed by atoms with Crippen LogP contribution in [0.4, 0.5) is 10.5 Å². The number of hydrogen-bond donors (Lipinski definition) is 3. The lowest BCUT2D eigenvalue weighted by Gasteiger charge is -2.22. The Kier molecular flexibility index (Phi) is 7.82. The summed E-state index contributed by atoms with van der Waals surface area (Å²) < 4.78 is 5.45. The molecular formula is C32H32ClN5O2. The van der Waals surface area contributed by atoms with Crippen molar-refractivity contribution in [3.05, 3.63) is 83.1 Å². The molecule has 0 spiro atoms. The molecule has 0 atom stereocenters. The molecule has 3 N–H and O–H groups in total. The van der Waals surface area contributed by atoms with Gasteiger partial charge in [0.25, 0.3) is 0 Å². The van der Waals surface area contributed by atoms with Crippen LogP contribution >= 0.6 is 11.6 Å². The first-order valence-electron chi connectivity index (χ1n) is 14.0. The van der Waals surface area contributed by atoms with Crippen LogP contribution in [0.25, 0.3) is 33.2 Å². The molecule has 8 heteroatoms. The van der Waals surface area contributed by atoms with Crippen LogP contribution in [0.5, 0.6) is 5.75 Å². The Labute approximate surface area is 238 Å². The smallest absolute Gasteiger partial charge is 0.410 e. The minimum Gasteiger partial charge on any atom is -0.410 e. The standard InChI is InChI=1S/C32H32ClN5O2/c33-23-12-15-26-29(20-23)37-27-9-3-2-8-25(27)30(26)34-16-4-1-5-17-36-32(39)40-24-13-10-21(11-14-24)28-19-22-7-6-18-35-31(22)38-28/h6-7,10-15,18-20H,1-5,8-9,16-17H2,(H,34,37)(H,35,38)(H,36,39). The van der Waals surface area contributed by atoms with E-state index in [1.165, 1.54) is 29.8 Å². The van der Waals surface area contributed by atoms with Crippen LogP contribution in [-0.2, 0) is 12.8 Å². The first-order valence-corrected chi connectivity index (χ1v) is 14.4. The Morgan fingerprint density at radius 2 is 1.82 bits per heavy atom. The summed E-state index contributed by atoms with van der Waals surface area (Å²) in [5, 5.41) is 9.46. The van der Waals surface area contributed by atoms with Gasteiger partial charge < -0.3 is 20.4 Å². The Bertz CT molecular complexity index is 1610. The number of aromatic amines is 1. The number of benzene rings is 2. The van der Waals surface area contributed by atoms with E-state index in [9.17, 15) is 4.79 Å². The average molecular weight is 554 g/mol. The Morgan fingerprint density at radius 3 is 2.70 bits per heavy atom. The van der Waals surface area contributed by atoms with Crippen molar-refractivity contribution in [1.29, 1.82) is 0 Å². The van der Waals surface area contributed by atoms with Crippen LogP contribution in [0, 0.1) is 0 Å². The van der Waals surface area contributed by atoms with Crippen molar-refractivity contribution in [3.8, 4) is 17.0 Å². The summed E-state index contributed by atoms with van der Waals surface area (Å²) in [6.45, 7) is 1.45. The molecule has 0 radical (unpaired) electrons. The molecule has 204 valence electrons. The van der Waals surface area contributed by atoms with Gasteiger partial charge in [0.2, 0.25) is 0 Å². The largest absolute Gasteiger partial charge is 0.412 e. The Balaban J connectivity index is 0.943. The van der Waals surface area contributed by atoms with E-state index in [1.54, 1.807) is 18.3 Å². The van der Waals surface area contributed by atoms with Crippen molar-refractivity contribution >= 4 is 45.3 Å². The highest BCUT2D eigenvalue weighted by Gasteiger charge is 2.18. The number of aromatic nitrogens is 3. The maximum absolute atomic E-state index is 12.3. The number of rotatable bonds is 9. The van der Waals surface area contributed by atoms with Gasteiger partial charge in [0, 0.05) is 52.2 Å². The monoisotopic (exact) mass is 553 g/mol. The number of carbonyl (C=O) groups is 1. The van der Waals surface area contributed by atoms with E-state index in [1.807, 2.05) is 36.4 Å². The highest BCUT2D eigenvalue weighted by molar-refractivity contribution is 6.31. The number of aryl methyl sites for hydroxylation is 1. The van der Waals surface area contributed by atoms with Gasteiger partial charge in [0.05, 0.1) is 5.52 Å². The molecule has 1 aliphatic carbocycles. The number of amides is 1. The number of anilines is 1. The third-order valence-corrected chi connectivity index (χ3v) is 7.65. The van der Waals surface area contributed by atoms with Gasteiger partial charge in [-0.05, 0) is 117 Å². The Hall–Kier alpha value is -4.10. The molecular weight excluding hydrogens is 522 g/mol. The lowest BCUT2D eigenvalue weighted by Crippen LogP contribution is -2.27. The van der Waals surface area contributed by atoms with Gasteiger partial charge in [-0.25, -0.2) is 9.78 Å². The summed E-state index contributed by atoms with van der Waals surface area (Å²) in [4.78, 5) is 24.8. The van der Waals surface area contributed by atoms with E-state index in [4.69, 9.17) is 21.3 Å². The van der Waals surface area contributed by atoms with Crippen molar-refractivity contribution < 1.29 is 9.53 Å². The number of pyridine rings is 2. The van der Waals surface area contributed by atoms with Gasteiger partial charge >= 0.3 is 6.09 Å². The average Bonchev–Trinajstić information content (AvgIpc) is 3.41. The zero-order chi connectivity index (χ0) is 27.3. The zero-order valence-electron chi connectivity index (χ0n) is 22.3. The summed E-state index contributed by atoms with van der Waals surface area (Å²) in [6.07, 6.45) is 8.71. The summed E-state index contributed by atoms with van der Waals surface area (Å²) >= 11 is 6.24. The second-order valence-corrected chi connectivity index (χ2v) is 10.7. The van der Waals surface area contributed by atoms with Crippen LogP contribution in [-0.4, -0.2) is 34.1 Å². The molecule has 5 aromatic rings. The number of fused-ring (bicyclic) bond motifs is 3. The van der Waals surface area contributed by atoms with E-state index < -0.39 is 6.09 Å². The SMILES string of the molecule is O=C(NCCCCCNc1c2c(nc3cc(Cl)ccc13)CCCC2)Oc1ccc(-c2cc3cccnc3[nH]2)cc1. The van der Waals surface area contributed by atoms with Crippen LogP contribution in [0.3, 0.4) is 0 Å². The maximum Gasteiger partial charge on any atom is 0.412 e. The van der Waals surface area contributed by atoms with Crippen molar-refractivity contribution in [2.75, 3.05) is 18.4 Å². The van der Waals surface area contributed by atoms with Crippen molar-refractivity contribution in [2.24, 2.45) is 0 Å². The fourth-order valence-electron chi connectivity index (χ4n) is 5.39. The lowest BCUT2D eigenvalue weighted by atomic mass is 9.92. The fraction of sp³-hybridized carbons (Fsp3) is 0.281. The molecule has 7 nitrogen and oxygen atoms in total. The highest BCUT2D eigenvalue weighted by Crippen LogP contribution is 2.34. The normalized spacial score (nSPS) is 12.8. The molecule has 0 bridgehead atoms. The molecule has 1 aliphatic rings. The molecule has 0 fully saturated rings. The van der Waals surface area contributed by atoms with Gasteiger partial charge in [0.1, 0.15) is 11.4 Å². The number of halogens is 1. The van der Waals surface area contributed by atoms with Crippen LogP contribution < -0.4 is 15.4 Å². The fourth-order valence-corrected chi connectivity index (χ4v) is 5.56. The minimum atomic E-state index is -0.436. The summed E-state index contributed by atoms with van der Waals surface area (Å²) in [7, 11) is 0. The summed E-state index contributed by atoms with van der Waals surface area (Å²) in [6, 6.07) is 19.4. The van der Waals surface area contributed by atoms with Crippen molar-refractivity contribution in [2.45, 2.75) is 44.9 Å². The van der Waals surface area contributed by atoms with Crippen molar-refractivity contribution in [3.63, 3.8) is 0 Å². The van der Waals surface area contributed by atoms with Crippen LogP contribution in [0.15, 0.2) is 66.9 Å². The van der Waals surface area contributed by atoms with Gasteiger partial charge in [-0.1, -0.05) is 11.6 Å². The molecule has 3 heterocycles. The third kappa shape index (κ3) is 5.89. The minimum absolute atomic E-state index is 0.436.